The van der Waals surface area contributed by atoms with E-state index in [1.54, 1.807) is 0 Å². The minimum atomic E-state index is 0.614. The summed E-state index contributed by atoms with van der Waals surface area (Å²) in [5.41, 5.74) is 10.6. The van der Waals surface area contributed by atoms with Gasteiger partial charge in [-0.15, -0.1) is 0 Å². The second-order valence-electron chi connectivity index (χ2n) is 13.3. The van der Waals surface area contributed by atoms with Crippen LogP contribution < -0.4 is 0 Å². The first-order chi connectivity index (χ1) is 26.3. The molecule has 0 bridgehead atoms. The second-order valence-corrected chi connectivity index (χ2v) is 13.3. The van der Waals surface area contributed by atoms with Crippen LogP contribution in [0.2, 0.25) is 0 Å². The van der Waals surface area contributed by atoms with Crippen LogP contribution in [0.5, 0.6) is 0 Å². The number of fused-ring (bicyclic) bond motifs is 4. The molecule has 2 heterocycles. The Bertz CT molecular complexity index is 2880. The minimum absolute atomic E-state index is 0.614. The second kappa shape index (κ2) is 12.9. The lowest BCUT2D eigenvalue weighted by molar-refractivity contribution is 1.06. The van der Waals surface area contributed by atoms with Gasteiger partial charge in [-0.25, -0.2) is 15.0 Å². The zero-order valence-corrected chi connectivity index (χ0v) is 28.8. The quantitative estimate of drug-likeness (QED) is 0.176. The van der Waals surface area contributed by atoms with Gasteiger partial charge >= 0.3 is 0 Å². The first-order valence-corrected chi connectivity index (χ1v) is 17.9. The fourth-order valence-corrected chi connectivity index (χ4v) is 7.42. The zero-order chi connectivity index (χ0) is 35.1. The number of nitrogens with zero attached hydrogens (tertiary/aromatic N) is 4. The average molecular weight is 677 g/mol. The summed E-state index contributed by atoms with van der Waals surface area (Å²) in [6.45, 7) is 0. The van der Waals surface area contributed by atoms with Crippen molar-refractivity contribution in [2.45, 2.75) is 0 Å². The summed E-state index contributed by atoms with van der Waals surface area (Å²) in [6.07, 6.45) is 0. The van der Waals surface area contributed by atoms with Crippen LogP contribution in [0.15, 0.2) is 194 Å². The standard InChI is InChI=1S/C49H32N4/c1-3-13-33(14-4-1)35-23-26-37(27-24-35)48-50-47(36-16-5-2-6-17-36)51-49(52-48)43-30-29-40(39-28-25-34-15-7-8-18-38(34)31-39)32-46(43)53-44-21-11-9-19-41(44)42-20-10-12-22-45(42)53/h1-32H. The van der Waals surface area contributed by atoms with Crippen molar-refractivity contribution in [1.82, 2.24) is 19.5 Å². The number of aromatic nitrogens is 4. The lowest BCUT2D eigenvalue weighted by Gasteiger charge is -2.16. The van der Waals surface area contributed by atoms with Gasteiger partial charge in [0, 0.05) is 27.5 Å². The maximum atomic E-state index is 5.24. The van der Waals surface area contributed by atoms with Gasteiger partial charge < -0.3 is 4.57 Å². The normalized spacial score (nSPS) is 11.4. The largest absolute Gasteiger partial charge is 0.308 e. The van der Waals surface area contributed by atoms with Gasteiger partial charge in [0.1, 0.15) is 0 Å². The number of benzene rings is 8. The molecule has 0 aliphatic rings. The van der Waals surface area contributed by atoms with Crippen molar-refractivity contribution in [2.24, 2.45) is 0 Å². The predicted molar refractivity (Wildman–Crippen MR) is 219 cm³/mol. The van der Waals surface area contributed by atoms with Crippen molar-refractivity contribution in [3.8, 4) is 62.1 Å². The number of rotatable bonds is 6. The van der Waals surface area contributed by atoms with E-state index in [9.17, 15) is 0 Å². The Kier molecular flexibility index (Phi) is 7.43. The van der Waals surface area contributed by atoms with Gasteiger partial charge in [0.15, 0.2) is 17.5 Å². The Balaban J connectivity index is 1.22. The lowest BCUT2D eigenvalue weighted by atomic mass is 9.98. The molecule has 0 radical (unpaired) electrons. The van der Waals surface area contributed by atoms with E-state index in [2.05, 4.69) is 174 Å². The Morgan fingerprint density at radius 1 is 0.302 bits per heavy atom. The molecule has 0 aliphatic heterocycles. The zero-order valence-electron chi connectivity index (χ0n) is 28.8. The highest BCUT2D eigenvalue weighted by Gasteiger charge is 2.20. The van der Waals surface area contributed by atoms with Crippen molar-refractivity contribution in [3.05, 3.63) is 194 Å². The van der Waals surface area contributed by atoms with Crippen molar-refractivity contribution < 1.29 is 0 Å². The molecule has 10 rings (SSSR count). The highest BCUT2D eigenvalue weighted by Crippen LogP contribution is 2.38. The molecule has 0 aliphatic carbocycles. The van der Waals surface area contributed by atoms with Gasteiger partial charge in [0.05, 0.1) is 16.7 Å². The Morgan fingerprint density at radius 2 is 0.755 bits per heavy atom. The van der Waals surface area contributed by atoms with Crippen molar-refractivity contribution in [1.29, 1.82) is 0 Å². The molecule has 0 fully saturated rings. The third-order valence-electron chi connectivity index (χ3n) is 10.1. The highest BCUT2D eigenvalue weighted by atomic mass is 15.1. The van der Waals surface area contributed by atoms with E-state index < -0.39 is 0 Å². The van der Waals surface area contributed by atoms with Crippen LogP contribution in [0.25, 0.3) is 94.7 Å². The Morgan fingerprint density at radius 3 is 1.43 bits per heavy atom. The maximum Gasteiger partial charge on any atom is 0.166 e. The highest BCUT2D eigenvalue weighted by molar-refractivity contribution is 6.09. The third kappa shape index (κ3) is 5.54. The van der Waals surface area contributed by atoms with Crippen LogP contribution in [0.3, 0.4) is 0 Å². The fourth-order valence-electron chi connectivity index (χ4n) is 7.42. The topological polar surface area (TPSA) is 43.6 Å². The maximum absolute atomic E-state index is 5.24. The molecule has 10 aromatic rings. The molecule has 0 amide bonds. The summed E-state index contributed by atoms with van der Waals surface area (Å²) in [7, 11) is 0. The molecule has 8 aromatic carbocycles. The van der Waals surface area contributed by atoms with Gasteiger partial charge in [-0.05, 0) is 63.4 Å². The average Bonchev–Trinajstić information content (AvgIpc) is 3.58. The summed E-state index contributed by atoms with van der Waals surface area (Å²) in [4.78, 5) is 15.5. The summed E-state index contributed by atoms with van der Waals surface area (Å²) in [6, 6.07) is 68.2. The fraction of sp³-hybridized carbons (Fsp3) is 0. The number of hydrogen-bond donors (Lipinski definition) is 0. The molecule has 4 heteroatoms. The smallest absolute Gasteiger partial charge is 0.166 e. The lowest BCUT2D eigenvalue weighted by Crippen LogP contribution is -2.04. The molecular formula is C49H32N4. The van der Waals surface area contributed by atoms with Crippen LogP contribution in [-0.4, -0.2) is 19.5 Å². The first-order valence-electron chi connectivity index (χ1n) is 17.9. The van der Waals surface area contributed by atoms with E-state index in [0.29, 0.717) is 17.5 Å². The van der Waals surface area contributed by atoms with Crippen LogP contribution in [0, 0.1) is 0 Å². The molecule has 0 spiro atoms. The molecule has 0 saturated carbocycles. The van der Waals surface area contributed by atoms with Gasteiger partial charge in [-0.2, -0.15) is 0 Å². The SMILES string of the molecule is c1ccc(-c2ccc(-c3nc(-c4ccccc4)nc(-c4ccc(-c5ccc6ccccc6c5)cc4-n4c5ccccc5c5ccccc54)n3)cc2)cc1. The molecule has 53 heavy (non-hydrogen) atoms. The van der Waals surface area contributed by atoms with Gasteiger partial charge in [-0.1, -0.05) is 164 Å². The van der Waals surface area contributed by atoms with E-state index in [-0.39, 0.29) is 0 Å². The molecular weight excluding hydrogens is 645 g/mol. The van der Waals surface area contributed by atoms with Gasteiger partial charge in [-0.3, -0.25) is 0 Å². The summed E-state index contributed by atoms with van der Waals surface area (Å²) in [5.74, 6) is 1.87. The van der Waals surface area contributed by atoms with Crippen molar-refractivity contribution >= 4 is 32.6 Å². The summed E-state index contributed by atoms with van der Waals surface area (Å²) >= 11 is 0. The molecule has 4 nitrogen and oxygen atoms in total. The molecule has 2 aromatic heterocycles. The van der Waals surface area contributed by atoms with E-state index in [4.69, 9.17) is 15.0 Å². The van der Waals surface area contributed by atoms with Crippen LogP contribution in [0.1, 0.15) is 0 Å². The van der Waals surface area contributed by atoms with Crippen molar-refractivity contribution in [2.75, 3.05) is 0 Å². The van der Waals surface area contributed by atoms with Crippen LogP contribution in [-0.2, 0) is 0 Å². The van der Waals surface area contributed by atoms with Crippen molar-refractivity contribution in [3.63, 3.8) is 0 Å². The summed E-state index contributed by atoms with van der Waals surface area (Å²) < 4.78 is 2.37. The van der Waals surface area contributed by atoms with Crippen LogP contribution in [0.4, 0.5) is 0 Å². The number of para-hydroxylation sites is 2. The molecule has 248 valence electrons. The Labute approximate surface area is 307 Å². The van der Waals surface area contributed by atoms with E-state index in [1.165, 1.54) is 27.1 Å². The number of hydrogen-bond acceptors (Lipinski definition) is 3. The van der Waals surface area contributed by atoms with E-state index >= 15 is 0 Å². The first kappa shape index (κ1) is 30.6. The van der Waals surface area contributed by atoms with Gasteiger partial charge in [0.25, 0.3) is 0 Å². The van der Waals surface area contributed by atoms with E-state index in [1.807, 2.05) is 24.3 Å². The molecule has 0 N–H and O–H groups in total. The monoisotopic (exact) mass is 676 g/mol. The van der Waals surface area contributed by atoms with E-state index in [0.717, 1.165) is 50.1 Å². The summed E-state index contributed by atoms with van der Waals surface area (Å²) in [5, 5.41) is 4.83. The minimum Gasteiger partial charge on any atom is -0.308 e. The third-order valence-corrected chi connectivity index (χ3v) is 10.1. The molecule has 0 atom stereocenters. The molecule has 0 saturated heterocycles. The van der Waals surface area contributed by atoms with Gasteiger partial charge in [0.2, 0.25) is 0 Å². The van der Waals surface area contributed by atoms with Crippen LogP contribution >= 0.6 is 0 Å². The Hall–Kier alpha value is -7.17. The predicted octanol–water partition coefficient (Wildman–Crippen LogP) is 12.5. The molecule has 0 unspecified atom stereocenters.